The summed E-state index contributed by atoms with van der Waals surface area (Å²) in [6.45, 7) is 0. The number of carbonyl (C=O) groups is 3. The summed E-state index contributed by atoms with van der Waals surface area (Å²) >= 11 is 0. The van der Waals surface area contributed by atoms with E-state index in [-0.39, 0.29) is 18.1 Å². The maximum absolute atomic E-state index is 11.9. The molecule has 2 aromatic rings. The highest BCUT2D eigenvalue weighted by Crippen LogP contribution is 2.18. The van der Waals surface area contributed by atoms with Gasteiger partial charge in [-0.1, -0.05) is 12.8 Å². The van der Waals surface area contributed by atoms with E-state index < -0.39 is 5.91 Å². The first-order chi connectivity index (χ1) is 11.6. The lowest BCUT2D eigenvalue weighted by Gasteiger charge is -2.05. The van der Waals surface area contributed by atoms with Crippen molar-refractivity contribution in [2.75, 3.05) is 12.4 Å². The first-order valence-corrected chi connectivity index (χ1v) is 8.22. The van der Waals surface area contributed by atoms with E-state index in [0.29, 0.717) is 12.8 Å². The van der Waals surface area contributed by atoms with Gasteiger partial charge in [0, 0.05) is 42.7 Å². The maximum atomic E-state index is 11.9. The molecule has 0 aliphatic carbocycles. The molecule has 1 aromatic heterocycles. The summed E-state index contributed by atoms with van der Waals surface area (Å²) in [7, 11) is 1.45. The van der Waals surface area contributed by atoms with Crippen LogP contribution in [0.1, 0.15) is 38.5 Å². The maximum Gasteiger partial charge on any atom is 0.287 e. The SMILES string of the molecule is CNC(=O)C(=O)CCCCCCC(=O)Nc1ccc2[nH]ccc2c1. The van der Waals surface area contributed by atoms with Crippen molar-refractivity contribution >= 4 is 34.2 Å². The number of nitrogens with one attached hydrogen (secondary N) is 3. The standard InChI is InChI=1S/C18H23N3O3/c1-19-18(24)16(22)6-4-2-3-5-7-17(23)21-14-8-9-15-13(12-14)10-11-20-15/h8-12,20H,2-7H2,1H3,(H,19,24)(H,21,23). The number of hydrogen-bond donors (Lipinski definition) is 3. The summed E-state index contributed by atoms with van der Waals surface area (Å²) in [5.41, 5.74) is 1.84. The molecular weight excluding hydrogens is 306 g/mol. The van der Waals surface area contributed by atoms with Crippen LogP contribution < -0.4 is 10.6 Å². The number of likely N-dealkylation sites (N-methyl/N-ethyl adjacent to an activating group) is 1. The molecule has 0 aliphatic heterocycles. The first-order valence-electron chi connectivity index (χ1n) is 8.22. The highest BCUT2D eigenvalue weighted by Gasteiger charge is 2.10. The van der Waals surface area contributed by atoms with E-state index >= 15 is 0 Å². The Hall–Kier alpha value is -2.63. The van der Waals surface area contributed by atoms with Crippen molar-refractivity contribution < 1.29 is 14.4 Å². The minimum absolute atomic E-state index is 0.00803. The molecule has 24 heavy (non-hydrogen) atoms. The first kappa shape index (κ1) is 17.7. The predicted octanol–water partition coefficient (Wildman–Crippen LogP) is 2.76. The van der Waals surface area contributed by atoms with Gasteiger partial charge in [0.25, 0.3) is 5.91 Å². The second-order valence-corrected chi connectivity index (χ2v) is 5.74. The molecule has 0 atom stereocenters. The Balaban J connectivity index is 1.61. The number of unbranched alkanes of at least 4 members (excludes halogenated alkanes) is 3. The minimum atomic E-state index is -0.534. The molecule has 0 fully saturated rings. The molecule has 0 saturated heterocycles. The van der Waals surface area contributed by atoms with Crippen LogP contribution in [0.5, 0.6) is 0 Å². The van der Waals surface area contributed by atoms with Crippen LogP contribution in [0.3, 0.4) is 0 Å². The molecule has 1 heterocycles. The highest BCUT2D eigenvalue weighted by atomic mass is 16.2. The third kappa shape index (κ3) is 5.22. The van der Waals surface area contributed by atoms with E-state index in [4.69, 9.17) is 0 Å². The number of amides is 2. The van der Waals surface area contributed by atoms with Gasteiger partial charge in [-0.3, -0.25) is 14.4 Å². The van der Waals surface area contributed by atoms with Gasteiger partial charge < -0.3 is 15.6 Å². The number of carbonyl (C=O) groups excluding carboxylic acids is 3. The third-order valence-electron chi connectivity index (χ3n) is 3.88. The Labute approximate surface area is 141 Å². The molecule has 0 bridgehead atoms. The van der Waals surface area contributed by atoms with Crippen molar-refractivity contribution in [2.24, 2.45) is 0 Å². The number of ketones is 1. The molecule has 6 nitrogen and oxygen atoms in total. The molecule has 2 amide bonds. The Bertz CT molecular complexity index is 721. The summed E-state index contributed by atoms with van der Waals surface area (Å²) < 4.78 is 0. The van der Waals surface area contributed by atoms with Crippen molar-refractivity contribution in [3.8, 4) is 0 Å². The Morgan fingerprint density at radius 3 is 2.50 bits per heavy atom. The number of benzene rings is 1. The van der Waals surface area contributed by atoms with Gasteiger partial charge in [0.05, 0.1) is 0 Å². The summed E-state index contributed by atoms with van der Waals surface area (Å²) in [4.78, 5) is 37.4. The second-order valence-electron chi connectivity index (χ2n) is 5.74. The van der Waals surface area contributed by atoms with Gasteiger partial charge in [-0.25, -0.2) is 0 Å². The van der Waals surface area contributed by atoms with E-state index in [2.05, 4.69) is 15.6 Å². The molecule has 0 saturated carbocycles. The molecule has 0 unspecified atom stereocenters. The number of hydrogen-bond acceptors (Lipinski definition) is 3. The third-order valence-corrected chi connectivity index (χ3v) is 3.88. The lowest BCUT2D eigenvalue weighted by Crippen LogP contribution is -2.27. The monoisotopic (exact) mass is 329 g/mol. The number of aromatic amines is 1. The van der Waals surface area contributed by atoms with Crippen LogP contribution in [0.4, 0.5) is 5.69 Å². The lowest BCUT2D eigenvalue weighted by atomic mass is 10.1. The van der Waals surface area contributed by atoms with Crippen molar-refractivity contribution in [3.05, 3.63) is 30.5 Å². The topological polar surface area (TPSA) is 91.1 Å². The van der Waals surface area contributed by atoms with Crippen LogP contribution in [0.15, 0.2) is 30.5 Å². The number of fused-ring (bicyclic) bond motifs is 1. The molecule has 128 valence electrons. The van der Waals surface area contributed by atoms with E-state index in [0.717, 1.165) is 35.9 Å². The molecule has 0 aliphatic rings. The van der Waals surface area contributed by atoms with Crippen LogP contribution in [-0.4, -0.2) is 29.6 Å². The van der Waals surface area contributed by atoms with Crippen molar-refractivity contribution in [1.29, 1.82) is 0 Å². The zero-order chi connectivity index (χ0) is 17.4. The number of Topliss-reactive ketones (excluding diaryl/α,β-unsaturated/α-hetero) is 1. The van der Waals surface area contributed by atoms with Crippen LogP contribution in [0, 0.1) is 0 Å². The molecule has 2 rings (SSSR count). The lowest BCUT2D eigenvalue weighted by molar-refractivity contribution is -0.137. The molecular formula is C18H23N3O3. The van der Waals surface area contributed by atoms with Crippen LogP contribution in [0.2, 0.25) is 0 Å². The van der Waals surface area contributed by atoms with Gasteiger partial charge in [-0.2, -0.15) is 0 Å². The fourth-order valence-electron chi connectivity index (χ4n) is 2.53. The van der Waals surface area contributed by atoms with Crippen LogP contribution in [-0.2, 0) is 14.4 Å². The molecule has 1 aromatic carbocycles. The molecule has 0 spiro atoms. The van der Waals surface area contributed by atoms with Crippen LogP contribution in [0.25, 0.3) is 10.9 Å². The van der Waals surface area contributed by atoms with Gasteiger partial charge in [-0.05, 0) is 37.1 Å². The Morgan fingerprint density at radius 2 is 1.75 bits per heavy atom. The summed E-state index contributed by atoms with van der Waals surface area (Å²) in [5.74, 6) is -0.921. The van der Waals surface area contributed by atoms with Gasteiger partial charge in [0.15, 0.2) is 0 Å². The highest BCUT2D eigenvalue weighted by molar-refractivity contribution is 6.36. The Kier molecular flexibility index (Phi) is 6.54. The smallest absolute Gasteiger partial charge is 0.287 e. The largest absolute Gasteiger partial charge is 0.361 e. The van der Waals surface area contributed by atoms with Crippen LogP contribution >= 0.6 is 0 Å². The summed E-state index contributed by atoms with van der Waals surface area (Å²) in [6.07, 6.45) is 5.74. The van der Waals surface area contributed by atoms with Gasteiger partial charge in [-0.15, -0.1) is 0 Å². The van der Waals surface area contributed by atoms with Gasteiger partial charge in [0.1, 0.15) is 0 Å². The number of H-pyrrole nitrogens is 1. The van der Waals surface area contributed by atoms with E-state index in [1.165, 1.54) is 7.05 Å². The fraction of sp³-hybridized carbons (Fsp3) is 0.389. The van der Waals surface area contributed by atoms with Crippen molar-refractivity contribution in [1.82, 2.24) is 10.3 Å². The molecule has 6 heteroatoms. The van der Waals surface area contributed by atoms with E-state index in [9.17, 15) is 14.4 Å². The van der Waals surface area contributed by atoms with E-state index in [1.807, 2.05) is 30.5 Å². The van der Waals surface area contributed by atoms with Crippen molar-refractivity contribution in [2.45, 2.75) is 38.5 Å². The summed E-state index contributed by atoms with van der Waals surface area (Å²) in [6, 6.07) is 7.72. The summed E-state index contributed by atoms with van der Waals surface area (Å²) in [5, 5.41) is 6.28. The number of rotatable bonds is 9. The zero-order valence-electron chi connectivity index (χ0n) is 13.9. The normalized spacial score (nSPS) is 10.5. The van der Waals surface area contributed by atoms with Crippen molar-refractivity contribution in [3.63, 3.8) is 0 Å². The molecule has 3 N–H and O–H groups in total. The second kappa shape index (κ2) is 8.86. The average molecular weight is 329 g/mol. The predicted molar refractivity (Wildman–Crippen MR) is 93.7 cm³/mol. The van der Waals surface area contributed by atoms with Gasteiger partial charge in [0.2, 0.25) is 11.7 Å². The average Bonchev–Trinajstić information content (AvgIpc) is 3.04. The minimum Gasteiger partial charge on any atom is -0.361 e. The quantitative estimate of drug-likeness (QED) is 0.488. The fourth-order valence-corrected chi connectivity index (χ4v) is 2.53. The zero-order valence-corrected chi connectivity index (χ0v) is 13.9. The van der Waals surface area contributed by atoms with E-state index in [1.54, 1.807) is 0 Å². The Morgan fingerprint density at radius 1 is 1.00 bits per heavy atom. The van der Waals surface area contributed by atoms with Gasteiger partial charge >= 0.3 is 0 Å². The molecule has 0 radical (unpaired) electrons. The number of anilines is 1. The number of aromatic nitrogens is 1.